The Bertz CT molecular complexity index is 370. The predicted molar refractivity (Wildman–Crippen MR) is 68.9 cm³/mol. The SMILES string of the molecule is Cc1ccc([C@@H](C)[C@@H](O)C(=O)NC(C)C)cc1. The Kier molecular flexibility index (Phi) is 4.70. The van der Waals surface area contributed by atoms with Gasteiger partial charge in [0.05, 0.1) is 0 Å². The molecule has 0 aliphatic heterocycles. The van der Waals surface area contributed by atoms with Crippen LogP contribution in [-0.4, -0.2) is 23.2 Å². The molecule has 1 amide bonds. The summed E-state index contributed by atoms with van der Waals surface area (Å²) in [5, 5.41) is 12.7. The van der Waals surface area contributed by atoms with Crippen molar-refractivity contribution < 1.29 is 9.90 Å². The van der Waals surface area contributed by atoms with E-state index in [4.69, 9.17) is 0 Å². The molecule has 0 spiro atoms. The summed E-state index contributed by atoms with van der Waals surface area (Å²) in [5.74, 6) is -0.512. The summed E-state index contributed by atoms with van der Waals surface area (Å²) in [5.41, 5.74) is 2.14. The molecular formula is C14H21NO2. The number of amides is 1. The first-order valence-corrected chi connectivity index (χ1v) is 5.97. The van der Waals surface area contributed by atoms with E-state index in [0.717, 1.165) is 5.56 Å². The van der Waals surface area contributed by atoms with E-state index in [1.54, 1.807) is 0 Å². The smallest absolute Gasteiger partial charge is 0.249 e. The number of carbonyl (C=O) groups excluding carboxylic acids is 1. The summed E-state index contributed by atoms with van der Waals surface area (Å²) in [6.45, 7) is 7.62. The van der Waals surface area contributed by atoms with Crippen LogP contribution in [-0.2, 0) is 4.79 Å². The number of benzene rings is 1. The van der Waals surface area contributed by atoms with Gasteiger partial charge in [-0.25, -0.2) is 0 Å². The molecule has 3 nitrogen and oxygen atoms in total. The quantitative estimate of drug-likeness (QED) is 0.838. The third kappa shape index (κ3) is 3.86. The fourth-order valence-corrected chi connectivity index (χ4v) is 1.65. The van der Waals surface area contributed by atoms with Crippen molar-refractivity contribution in [2.24, 2.45) is 0 Å². The maximum atomic E-state index is 11.7. The zero-order valence-electron chi connectivity index (χ0n) is 10.9. The van der Waals surface area contributed by atoms with Gasteiger partial charge in [-0.3, -0.25) is 4.79 Å². The molecule has 1 aromatic carbocycles. The molecule has 0 saturated carbocycles. The van der Waals surface area contributed by atoms with Gasteiger partial charge in [-0.1, -0.05) is 36.8 Å². The number of hydrogen-bond donors (Lipinski definition) is 2. The molecule has 2 atom stereocenters. The monoisotopic (exact) mass is 235 g/mol. The molecule has 0 heterocycles. The molecule has 1 aromatic rings. The summed E-state index contributed by atoms with van der Waals surface area (Å²) < 4.78 is 0. The van der Waals surface area contributed by atoms with Crippen LogP contribution in [0, 0.1) is 6.92 Å². The van der Waals surface area contributed by atoms with Gasteiger partial charge in [0.1, 0.15) is 6.10 Å². The highest BCUT2D eigenvalue weighted by molar-refractivity contribution is 5.81. The van der Waals surface area contributed by atoms with Crippen molar-refractivity contribution in [3.63, 3.8) is 0 Å². The van der Waals surface area contributed by atoms with Crippen molar-refractivity contribution in [2.75, 3.05) is 0 Å². The van der Waals surface area contributed by atoms with Crippen LogP contribution in [0.2, 0.25) is 0 Å². The lowest BCUT2D eigenvalue weighted by Gasteiger charge is -2.20. The Hall–Kier alpha value is -1.35. The lowest BCUT2D eigenvalue weighted by Crippen LogP contribution is -2.41. The van der Waals surface area contributed by atoms with Crippen LogP contribution in [0.5, 0.6) is 0 Å². The average molecular weight is 235 g/mol. The molecule has 0 bridgehead atoms. The Morgan fingerprint density at radius 1 is 1.18 bits per heavy atom. The third-order valence-corrected chi connectivity index (χ3v) is 2.78. The number of aryl methyl sites for hydroxylation is 1. The van der Waals surface area contributed by atoms with E-state index >= 15 is 0 Å². The molecule has 0 aliphatic rings. The molecule has 0 aliphatic carbocycles. The van der Waals surface area contributed by atoms with Gasteiger partial charge < -0.3 is 10.4 Å². The van der Waals surface area contributed by atoms with Crippen molar-refractivity contribution >= 4 is 5.91 Å². The predicted octanol–water partition coefficient (Wildman–Crippen LogP) is 1.98. The molecule has 3 heteroatoms. The van der Waals surface area contributed by atoms with Crippen LogP contribution in [0.25, 0.3) is 0 Å². The Morgan fingerprint density at radius 2 is 1.71 bits per heavy atom. The third-order valence-electron chi connectivity index (χ3n) is 2.78. The van der Waals surface area contributed by atoms with Gasteiger partial charge in [0.2, 0.25) is 5.91 Å². The van der Waals surface area contributed by atoms with Crippen LogP contribution >= 0.6 is 0 Å². The first-order valence-electron chi connectivity index (χ1n) is 5.97. The average Bonchev–Trinajstić information content (AvgIpc) is 2.27. The summed E-state index contributed by atoms with van der Waals surface area (Å²) in [7, 11) is 0. The van der Waals surface area contributed by atoms with Crippen LogP contribution < -0.4 is 5.32 Å². The zero-order valence-corrected chi connectivity index (χ0v) is 10.9. The maximum absolute atomic E-state index is 11.7. The molecule has 0 radical (unpaired) electrons. The van der Waals surface area contributed by atoms with E-state index in [1.165, 1.54) is 5.56 Å². The minimum atomic E-state index is -1.000. The largest absolute Gasteiger partial charge is 0.383 e. The molecule has 17 heavy (non-hydrogen) atoms. The van der Waals surface area contributed by atoms with Gasteiger partial charge in [-0.05, 0) is 26.3 Å². The highest BCUT2D eigenvalue weighted by atomic mass is 16.3. The van der Waals surface area contributed by atoms with Gasteiger partial charge in [0, 0.05) is 12.0 Å². The van der Waals surface area contributed by atoms with Gasteiger partial charge in [-0.15, -0.1) is 0 Å². The topological polar surface area (TPSA) is 49.3 Å². The second-order valence-electron chi connectivity index (χ2n) is 4.81. The van der Waals surface area contributed by atoms with Crippen molar-refractivity contribution in [1.29, 1.82) is 0 Å². The lowest BCUT2D eigenvalue weighted by atomic mass is 9.94. The standard InChI is InChI=1S/C14H21NO2/c1-9(2)15-14(17)13(16)11(4)12-7-5-10(3)6-8-12/h5-9,11,13,16H,1-4H3,(H,15,17)/t11-,13-/m1/s1. The van der Waals surface area contributed by atoms with E-state index < -0.39 is 6.10 Å². The number of aliphatic hydroxyl groups excluding tert-OH is 1. The van der Waals surface area contributed by atoms with Crippen molar-refractivity contribution in [1.82, 2.24) is 5.32 Å². The zero-order chi connectivity index (χ0) is 13.0. The molecule has 0 aromatic heterocycles. The first-order chi connectivity index (χ1) is 7.91. The minimum Gasteiger partial charge on any atom is -0.383 e. The van der Waals surface area contributed by atoms with E-state index in [-0.39, 0.29) is 17.9 Å². The van der Waals surface area contributed by atoms with Crippen molar-refractivity contribution in [2.45, 2.75) is 45.8 Å². The van der Waals surface area contributed by atoms with Gasteiger partial charge in [0.25, 0.3) is 0 Å². The van der Waals surface area contributed by atoms with Gasteiger partial charge in [-0.2, -0.15) is 0 Å². The second-order valence-corrected chi connectivity index (χ2v) is 4.81. The number of nitrogens with one attached hydrogen (secondary N) is 1. The lowest BCUT2D eigenvalue weighted by molar-refractivity contribution is -0.130. The highest BCUT2D eigenvalue weighted by Gasteiger charge is 2.23. The maximum Gasteiger partial charge on any atom is 0.249 e. The van der Waals surface area contributed by atoms with Crippen molar-refractivity contribution in [3.05, 3.63) is 35.4 Å². The number of rotatable bonds is 4. The molecule has 94 valence electrons. The fraction of sp³-hybridized carbons (Fsp3) is 0.500. The summed E-state index contributed by atoms with van der Waals surface area (Å²) >= 11 is 0. The van der Waals surface area contributed by atoms with Crippen molar-refractivity contribution in [3.8, 4) is 0 Å². The Morgan fingerprint density at radius 3 is 2.18 bits per heavy atom. The summed E-state index contributed by atoms with van der Waals surface area (Å²) in [4.78, 5) is 11.7. The van der Waals surface area contributed by atoms with Gasteiger partial charge in [0.15, 0.2) is 0 Å². The van der Waals surface area contributed by atoms with E-state index in [1.807, 2.05) is 52.0 Å². The number of aliphatic hydroxyl groups is 1. The van der Waals surface area contributed by atoms with Crippen LogP contribution in [0.15, 0.2) is 24.3 Å². The molecule has 0 unspecified atom stereocenters. The highest BCUT2D eigenvalue weighted by Crippen LogP contribution is 2.19. The van der Waals surface area contributed by atoms with Crippen LogP contribution in [0.4, 0.5) is 0 Å². The molecule has 0 fully saturated rings. The van der Waals surface area contributed by atoms with E-state index in [9.17, 15) is 9.90 Å². The first kappa shape index (κ1) is 13.7. The fourth-order valence-electron chi connectivity index (χ4n) is 1.65. The molecule has 1 rings (SSSR count). The van der Waals surface area contributed by atoms with E-state index in [0.29, 0.717) is 0 Å². The number of carbonyl (C=O) groups is 1. The molecule has 0 saturated heterocycles. The molecule has 2 N–H and O–H groups in total. The number of hydrogen-bond acceptors (Lipinski definition) is 2. The Labute approximate surface area is 103 Å². The van der Waals surface area contributed by atoms with E-state index in [2.05, 4.69) is 5.32 Å². The molecular weight excluding hydrogens is 214 g/mol. The van der Waals surface area contributed by atoms with Crippen LogP contribution in [0.3, 0.4) is 0 Å². The van der Waals surface area contributed by atoms with Gasteiger partial charge >= 0.3 is 0 Å². The Balaban J connectivity index is 2.72. The normalized spacial score (nSPS) is 14.5. The minimum absolute atomic E-state index is 0.0439. The summed E-state index contributed by atoms with van der Waals surface area (Å²) in [6, 6.07) is 7.91. The van der Waals surface area contributed by atoms with Crippen LogP contribution in [0.1, 0.15) is 37.8 Å². The summed E-state index contributed by atoms with van der Waals surface area (Å²) in [6.07, 6.45) is -1.000. The second kappa shape index (κ2) is 5.82.